The van der Waals surface area contributed by atoms with Crippen LogP contribution in [0.4, 0.5) is 0 Å². The van der Waals surface area contributed by atoms with Crippen LogP contribution in [0.25, 0.3) is 0 Å². The molecule has 0 saturated carbocycles. The summed E-state index contributed by atoms with van der Waals surface area (Å²) < 4.78 is 6.27. The summed E-state index contributed by atoms with van der Waals surface area (Å²) in [6, 6.07) is 3.89. The number of carboxylic acids is 1. The van der Waals surface area contributed by atoms with Crippen molar-refractivity contribution in [2.45, 2.75) is 31.6 Å². The fourth-order valence-electron chi connectivity index (χ4n) is 1.99. The van der Waals surface area contributed by atoms with E-state index in [0.29, 0.717) is 19.4 Å². The third kappa shape index (κ3) is 3.55. The van der Waals surface area contributed by atoms with Crippen LogP contribution in [-0.2, 0) is 20.9 Å². The van der Waals surface area contributed by atoms with E-state index in [-0.39, 0.29) is 5.91 Å². The standard InChI is InChI=1S/C12H14BrNO4S/c1-14(6-7-2-5-10(13)19-7)11(15)8-3-4-9(18-8)12(16)17/h2,5,8-9H,3-4,6H2,1H3,(H,16,17)/t8-,9+/m0/s1. The number of ether oxygens (including phenoxy) is 1. The normalized spacial score (nSPS) is 22.4. The zero-order valence-electron chi connectivity index (χ0n) is 10.3. The topological polar surface area (TPSA) is 66.8 Å². The van der Waals surface area contributed by atoms with Crippen molar-refractivity contribution in [3.63, 3.8) is 0 Å². The molecule has 2 heterocycles. The summed E-state index contributed by atoms with van der Waals surface area (Å²) in [5, 5.41) is 8.84. The molecule has 1 aliphatic heterocycles. The van der Waals surface area contributed by atoms with E-state index in [1.807, 2.05) is 12.1 Å². The van der Waals surface area contributed by atoms with Crippen molar-refractivity contribution in [3.05, 3.63) is 20.8 Å². The smallest absolute Gasteiger partial charge is 0.332 e. The second-order valence-electron chi connectivity index (χ2n) is 4.43. The number of hydrogen-bond donors (Lipinski definition) is 1. The van der Waals surface area contributed by atoms with Gasteiger partial charge in [-0.15, -0.1) is 11.3 Å². The maximum atomic E-state index is 12.1. The average Bonchev–Trinajstić information content (AvgIpc) is 2.97. The van der Waals surface area contributed by atoms with Crippen molar-refractivity contribution in [2.24, 2.45) is 0 Å². The van der Waals surface area contributed by atoms with Crippen molar-refractivity contribution in [1.29, 1.82) is 0 Å². The quantitative estimate of drug-likeness (QED) is 0.905. The molecule has 7 heteroatoms. The van der Waals surface area contributed by atoms with Gasteiger partial charge in [-0.1, -0.05) is 0 Å². The molecule has 1 aromatic heterocycles. The van der Waals surface area contributed by atoms with E-state index in [0.717, 1.165) is 8.66 Å². The fraction of sp³-hybridized carbons (Fsp3) is 0.500. The molecule has 1 aliphatic rings. The molecule has 2 rings (SSSR count). The molecule has 0 aromatic carbocycles. The molecule has 1 saturated heterocycles. The van der Waals surface area contributed by atoms with Gasteiger partial charge < -0.3 is 14.7 Å². The highest BCUT2D eigenvalue weighted by atomic mass is 79.9. The lowest BCUT2D eigenvalue weighted by molar-refractivity contribution is -0.154. The first-order valence-electron chi connectivity index (χ1n) is 5.85. The van der Waals surface area contributed by atoms with Crippen LogP contribution in [0, 0.1) is 0 Å². The minimum absolute atomic E-state index is 0.159. The van der Waals surface area contributed by atoms with Crippen LogP contribution in [0.1, 0.15) is 17.7 Å². The molecule has 0 radical (unpaired) electrons. The summed E-state index contributed by atoms with van der Waals surface area (Å²) in [7, 11) is 1.70. The number of rotatable bonds is 4. The van der Waals surface area contributed by atoms with Gasteiger partial charge in [0, 0.05) is 11.9 Å². The Morgan fingerprint density at radius 1 is 1.47 bits per heavy atom. The van der Waals surface area contributed by atoms with Gasteiger partial charge in [0.05, 0.1) is 10.3 Å². The minimum atomic E-state index is -1.000. The van der Waals surface area contributed by atoms with E-state index in [2.05, 4.69) is 15.9 Å². The van der Waals surface area contributed by atoms with Gasteiger partial charge in [-0.2, -0.15) is 0 Å². The zero-order chi connectivity index (χ0) is 14.0. The van der Waals surface area contributed by atoms with Crippen LogP contribution in [-0.4, -0.2) is 41.1 Å². The molecule has 1 aromatic rings. The van der Waals surface area contributed by atoms with Crippen LogP contribution in [0.15, 0.2) is 15.9 Å². The van der Waals surface area contributed by atoms with Gasteiger partial charge in [0.1, 0.15) is 6.10 Å². The third-order valence-electron chi connectivity index (χ3n) is 2.97. The molecule has 0 bridgehead atoms. The van der Waals surface area contributed by atoms with Gasteiger partial charge in [-0.25, -0.2) is 4.79 Å². The van der Waals surface area contributed by atoms with Crippen molar-refractivity contribution in [1.82, 2.24) is 4.90 Å². The highest BCUT2D eigenvalue weighted by Gasteiger charge is 2.36. The lowest BCUT2D eigenvalue weighted by atomic mass is 10.2. The number of amides is 1. The summed E-state index contributed by atoms with van der Waals surface area (Å²) in [5.74, 6) is -1.16. The molecular weight excluding hydrogens is 334 g/mol. The molecule has 2 atom stereocenters. The number of carboxylic acid groups (broad SMARTS) is 1. The highest BCUT2D eigenvalue weighted by molar-refractivity contribution is 9.11. The van der Waals surface area contributed by atoms with Crippen molar-refractivity contribution in [3.8, 4) is 0 Å². The van der Waals surface area contributed by atoms with Gasteiger partial charge in [0.25, 0.3) is 5.91 Å². The SMILES string of the molecule is CN(Cc1ccc(Br)s1)C(=O)[C@@H]1CC[C@H](C(=O)O)O1. The molecule has 0 spiro atoms. The predicted molar refractivity (Wildman–Crippen MR) is 74.0 cm³/mol. The Labute approximate surface area is 123 Å². The summed E-state index contributed by atoms with van der Waals surface area (Å²) >= 11 is 4.94. The van der Waals surface area contributed by atoms with Crippen LogP contribution in [0.3, 0.4) is 0 Å². The van der Waals surface area contributed by atoms with Gasteiger partial charge in [0.15, 0.2) is 6.10 Å². The van der Waals surface area contributed by atoms with E-state index < -0.39 is 18.2 Å². The molecular formula is C12H14BrNO4S. The molecule has 104 valence electrons. The first-order valence-corrected chi connectivity index (χ1v) is 7.46. The third-order valence-corrected chi connectivity index (χ3v) is 4.58. The van der Waals surface area contributed by atoms with E-state index in [1.54, 1.807) is 23.3 Å². The number of likely N-dealkylation sites (N-methyl/N-ethyl adjacent to an activating group) is 1. The van der Waals surface area contributed by atoms with E-state index >= 15 is 0 Å². The van der Waals surface area contributed by atoms with E-state index in [4.69, 9.17) is 9.84 Å². The van der Waals surface area contributed by atoms with E-state index in [9.17, 15) is 9.59 Å². The first-order chi connectivity index (χ1) is 8.97. The number of thiophene rings is 1. The first kappa shape index (κ1) is 14.5. The second-order valence-corrected chi connectivity index (χ2v) is 6.98. The Morgan fingerprint density at radius 3 is 2.68 bits per heavy atom. The predicted octanol–water partition coefficient (Wildman–Crippen LogP) is 2.10. The van der Waals surface area contributed by atoms with Gasteiger partial charge >= 0.3 is 5.97 Å². The minimum Gasteiger partial charge on any atom is -0.479 e. The summed E-state index contributed by atoms with van der Waals surface area (Å²) in [6.45, 7) is 0.507. The molecule has 0 unspecified atom stereocenters. The summed E-state index contributed by atoms with van der Waals surface area (Å²) in [4.78, 5) is 25.5. The van der Waals surface area contributed by atoms with Gasteiger partial charge in [-0.05, 0) is 40.9 Å². The average molecular weight is 348 g/mol. The molecule has 5 nitrogen and oxygen atoms in total. The van der Waals surface area contributed by atoms with Crippen LogP contribution in [0.5, 0.6) is 0 Å². The summed E-state index contributed by atoms with van der Waals surface area (Å²) in [5.41, 5.74) is 0. The second kappa shape index (κ2) is 6.02. The van der Waals surface area contributed by atoms with Crippen molar-refractivity contribution >= 4 is 39.1 Å². The van der Waals surface area contributed by atoms with Crippen LogP contribution < -0.4 is 0 Å². The Kier molecular flexibility index (Phi) is 4.59. The number of nitrogens with zero attached hydrogens (tertiary/aromatic N) is 1. The zero-order valence-corrected chi connectivity index (χ0v) is 12.7. The number of halogens is 1. The molecule has 1 N–H and O–H groups in total. The van der Waals surface area contributed by atoms with Crippen LogP contribution >= 0.6 is 27.3 Å². The number of aliphatic carboxylic acids is 1. The molecule has 1 fully saturated rings. The van der Waals surface area contributed by atoms with Crippen LogP contribution in [0.2, 0.25) is 0 Å². The largest absolute Gasteiger partial charge is 0.479 e. The number of carbonyl (C=O) groups excluding carboxylic acids is 1. The van der Waals surface area contributed by atoms with Gasteiger partial charge in [0.2, 0.25) is 0 Å². The Hall–Kier alpha value is -0.920. The van der Waals surface area contributed by atoms with Gasteiger partial charge in [-0.3, -0.25) is 4.79 Å². The Morgan fingerprint density at radius 2 is 2.16 bits per heavy atom. The molecule has 0 aliphatic carbocycles. The summed E-state index contributed by atoms with van der Waals surface area (Å²) in [6.07, 6.45) is -0.619. The highest BCUT2D eigenvalue weighted by Crippen LogP contribution is 2.25. The monoisotopic (exact) mass is 347 g/mol. The lowest BCUT2D eigenvalue weighted by Gasteiger charge is -2.20. The molecule has 1 amide bonds. The Balaban J connectivity index is 1.91. The fourth-order valence-corrected chi connectivity index (χ4v) is 3.53. The molecule has 19 heavy (non-hydrogen) atoms. The number of hydrogen-bond acceptors (Lipinski definition) is 4. The Bertz CT molecular complexity index is 490. The van der Waals surface area contributed by atoms with Crippen molar-refractivity contribution < 1.29 is 19.4 Å². The number of carbonyl (C=O) groups is 2. The lowest BCUT2D eigenvalue weighted by Crippen LogP contribution is -2.36. The maximum Gasteiger partial charge on any atom is 0.332 e. The maximum absolute atomic E-state index is 12.1. The van der Waals surface area contributed by atoms with Crippen molar-refractivity contribution in [2.75, 3.05) is 7.05 Å². The van der Waals surface area contributed by atoms with E-state index in [1.165, 1.54) is 0 Å².